The van der Waals surface area contributed by atoms with Crippen LogP contribution in [0.1, 0.15) is 26.2 Å². The second kappa shape index (κ2) is 5.03. The van der Waals surface area contributed by atoms with E-state index in [2.05, 4.69) is 11.8 Å². The third-order valence-corrected chi connectivity index (χ3v) is 1.02. The summed E-state index contributed by atoms with van der Waals surface area (Å²) >= 11 is 0. The molecule has 0 heterocycles. The van der Waals surface area contributed by atoms with Gasteiger partial charge in [-0.2, -0.15) is 0 Å². The van der Waals surface area contributed by atoms with Crippen LogP contribution in [0.15, 0.2) is 0 Å². The highest BCUT2D eigenvalue weighted by Gasteiger charge is 1.96. The third-order valence-electron chi connectivity index (χ3n) is 1.02. The van der Waals surface area contributed by atoms with E-state index in [1.165, 1.54) is 0 Å². The zero-order chi connectivity index (χ0) is 6.41. The summed E-state index contributed by atoms with van der Waals surface area (Å²) in [6, 6.07) is 0. The minimum atomic E-state index is -0.269. The molecule has 4 N–H and O–H groups in total. The number of nitrogens with two attached hydrogens (primary N) is 2. The van der Waals surface area contributed by atoms with Gasteiger partial charge in [0.05, 0.1) is 0 Å². The lowest BCUT2D eigenvalue weighted by Crippen LogP contribution is -2.26. The van der Waals surface area contributed by atoms with Gasteiger partial charge in [-0.3, -0.25) is 4.84 Å². The van der Waals surface area contributed by atoms with Gasteiger partial charge in [-0.25, -0.2) is 5.90 Å². The summed E-state index contributed by atoms with van der Waals surface area (Å²) in [6.07, 6.45) is 2.80. The van der Waals surface area contributed by atoms with E-state index in [1.54, 1.807) is 0 Å². The Morgan fingerprint density at radius 1 is 1.62 bits per heavy atom. The first-order valence-corrected chi connectivity index (χ1v) is 2.92. The van der Waals surface area contributed by atoms with E-state index in [1.807, 2.05) is 0 Å². The van der Waals surface area contributed by atoms with Crippen LogP contribution in [-0.4, -0.2) is 6.23 Å². The first kappa shape index (κ1) is 7.88. The maximum Gasteiger partial charge on any atom is 0.126 e. The average Bonchev–Trinajstić information content (AvgIpc) is 1.83. The van der Waals surface area contributed by atoms with Crippen molar-refractivity contribution in [2.24, 2.45) is 11.6 Å². The zero-order valence-electron chi connectivity index (χ0n) is 5.26. The topological polar surface area (TPSA) is 61.3 Å². The van der Waals surface area contributed by atoms with Gasteiger partial charge < -0.3 is 5.73 Å². The van der Waals surface area contributed by atoms with E-state index in [4.69, 9.17) is 11.6 Å². The molecule has 3 heteroatoms. The van der Waals surface area contributed by atoms with Crippen LogP contribution in [0.5, 0.6) is 0 Å². The molecule has 0 rings (SSSR count). The molecule has 50 valence electrons. The molecule has 0 aliphatic rings. The largest absolute Gasteiger partial charge is 0.304 e. The summed E-state index contributed by atoms with van der Waals surface area (Å²) in [5.41, 5.74) is 5.31. The standard InChI is InChI=1S/C5H14N2O/c1-2-3-4-5(6)8-7/h5H,2-4,6-7H2,1H3. The van der Waals surface area contributed by atoms with E-state index < -0.39 is 0 Å². The lowest BCUT2D eigenvalue weighted by molar-refractivity contribution is 0.0505. The van der Waals surface area contributed by atoms with Crippen molar-refractivity contribution < 1.29 is 4.84 Å². The molecular weight excluding hydrogens is 104 g/mol. The molecule has 0 fully saturated rings. The molecule has 0 aliphatic carbocycles. The zero-order valence-corrected chi connectivity index (χ0v) is 5.26. The Morgan fingerprint density at radius 2 is 2.25 bits per heavy atom. The van der Waals surface area contributed by atoms with Crippen LogP contribution < -0.4 is 11.6 Å². The number of unbranched alkanes of at least 4 members (excludes halogenated alkanes) is 1. The van der Waals surface area contributed by atoms with Crippen molar-refractivity contribution in [2.75, 3.05) is 0 Å². The van der Waals surface area contributed by atoms with Crippen LogP contribution in [-0.2, 0) is 4.84 Å². The van der Waals surface area contributed by atoms with Gasteiger partial charge in [0, 0.05) is 0 Å². The highest BCUT2D eigenvalue weighted by molar-refractivity contribution is 4.44. The van der Waals surface area contributed by atoms with Crippen molar-refractivity contribution in [2.45, 2.75) is 32.4 Å². The Morgan fingerprint density at radius 3 is 2.62 bits per heavy atom. The van der Waals surface area contributed by atoms with E-state index in [0.717, 1.165) is 19.3 Å². The van der Waals surface area contributed by atoms with Crippen LogP contribution in [0, 0.1) is 0 Å². The molecule has 0 bridgehead atoms. The van der Waals surface area contributed by atoms with Crippen LogP contribution >= 0.6 is 0 Å². The third kappa shape index (κ3) is 4.05. The molecule has 0 aromatic heterocycles. The second-order valence-electron chi connectivity index (χ2n) is 1.82. The molecule has 0 saturated heterocycles. The molecule has 0 aliphatic heterocycles. The predicted molar refractivity (Wildman–Crippen MR) is 32.8 cm³/mol. The maximum atomic E-state index is 5.31. The average molecular weight is 118 g/mol. The lowest BCUT2D eigenvalue weighted by atomic mass is 10.2. The minimum absolute atomic E-state index is 0.269. The fourth-order valence-electron chi connectivity index (χ4n) is 0.473. The first-order chi connectivity index (χ1) is 3.81. The molecule has 0 amide bonds. The number of hydrogen-bond donors (Lipinski definition) is 2. The first-order valence-electron chi connectivity index (χ1n) is 2.92. The van der Waals surface area contributed by atoms with Gasteiger partial charge in [0.1, 0.15) is 6.23 Å². The molecule has 0 aromatic rings. The summed E-state index contributed by atoms with van der Waals surface area (Å²) in [5, 5.41) is 0. The minimum Gasteiger partial charge on any atom is -0.304 e. The van der Waals surface area contributed by atoms with Crippen LogP contribution in [0.3, 0.4) is 0 Å². The van der Waals surface area contributed by atoms with Crippen molar-refractivity contribution in [3.05, 3.63) is 0 Å². The lowest BCUT2D eigenvalue weighted by Gasteiger charge is -2.05. The van der Waals surface area contributed by atoms with Crippen LogP contribution in [0.25, 0.3) is 0 Å². The van der Waals surface area contributed by atoms with Gasteiger partial charge in [0.25, 0.3) is 0 Å². The maximum absolute atomic E-state index is 5.31. The number of rotatable bonds is 4. The van der Waals surface area contributed by atoms with Crippen molar-refractivity contribution in [3.63, 3.8) is 0 Å². The molecule has 0 saturated carbocycles. The van der Waals surface area contributed by atoms with Gasteiger partial charge in [-0.05, 0) is 12.8 Å². The van der Waals surface area contributed by atoms with Gasteiger partial charge in [-0.1, -0.05) is 13.3 Å². The normalized spacial score (nSPS) is 13.9. The SMILES string of the molecule is CCCCC(N)ON. The smallest absolute Gasteiger partial charge is 0.126 e. The van der Waals surface area contributed by atoms with Crippen molar-refractivity contribution >= 4 is 0 Å². The quantitative estimate of drug-likeness (QED) is 0.413. The molecule has 0 aromatic carbocycles. The fourth-order valence-corrected chi connectivity index (χ4v) is 0.473. The van der Waals surface area contributed by atoms with E-state index in [9.17, 15) is 0 Å². The molecule has 0 radical (unpaired) electrons. The summed E-state index contributed by atoms with van der Waals surface area (Å²) < 4.78 is 0. The predicted octanol–water partition coefficient (Wildman–Crippen LogP) is 0.352. The molecule has 8 heavy (non-hydrogen) atoms. The van der Waals surface area contributed by atoms with Gasteiger partial charge >= 0.3 is 0 Å². The summed E-state index contributed by atoms with van der Waals surface area (Å²) in [6.45, 7) is 2.10. The van der Waals surface area contributed by atoms with E-state index >= 15 is 0 Å². The van der Waals surface area contributed by atoms with Gasteiger partial charge in [0.15, 0.2) is 0 Å². The van der Waals surface area contributed by atoms with Crippen molar-refractivity contribution in [1.82, 2.24) is 0 Å². The molecule has 1 unspecified atom stereocenters. The fraction of sp³-hybridized carbons (Fsp3) is 1.00. The van der Waals surface area contributed by atoms with Crippen molar-refractivity contribution in [3.8, 4) is 0 Å². The Labute approximate surface area is 49.9 Å². The summed E-state index contributed by atoms with van der Waals surface area (Å²) in [5.74, 6) is 4.79. The highest BCUT2D eigenvalue weighted by Crippen LogP contribution is 1.95. The molecule has 1 atom stereocenters. The van der Waals surface area contributed by atoms with E-state index in [-0.39, 0.29) is 6.23 Å². The van der Waals surface area contributed by atoms with E-state index in [0.29, 0.717) is 0 Å². The molecule has 0 spiro atoms. The molecular formula is C5H14N2O. The van der Waals surface area contributed by atoms with Gasteiger partial charge in [0.2, 0.25) is 0 Å². The Balaban J connectivity index is 2.86. The van der Waals surface area contributed by atoms with Crippen molar-refractivity contribution in [1.29, 1.82) is 0 Å². The Hall–Kier alpha value is -0.120. The summed E-state index contributed by atoms with van der Waals surface area (Å²) in [7, 11) is 0. The monoisotopic (exact) mass is 118 g/mol. The Kier molecular flexibility index (Phi) is 4.95. The van der Waals surface area contributed by atoms with Crippen LogP contribution in [0.4, 0.5) is 0 Å². The molecule has 3 nitrogen and oxygen atoms in total. The van der Waals surface area contributed by atoms with Crippen LogP contribution in [0.2, 0.25) is 0 Å². The Bertz CT molecular complexity index is 49.7. The highest BCUT2D eigenvalue weighted by atomic mass is 16.6. The summed E-state index contributed by atoms with van der Waals surface area (Å²) in [4.78, 5) is 4.33. The van der Waals surface area contributed by atoms with Gasteiger partial charge in [-0.15, -0.1) is 0 Å². The second-order valence-corrected chi connectivity index (χ2v) is 1.82. The number of hydrogen-bond acceptors (Lipinski definition) is 3.